The Labute approximate surface area is 258 Å². The van der Waals surface area contributed by atoms with E-state index in [2.05, 4.69) is 40.2 Å². The van der Waals surface area contributed by atoms with E-state index in [0.717, 1.165) is 43.3 Å². The molecule has 0 spiro atoms. The Balaban J connectivity index is 1.19. The van der Waals surface area contributed by atoms with E-state index in [-0.39, 0.29) is 41.2 Å². The van der Waals surface area contributed by atoms with Gasteiger partial charge in [-0.25, -0.2) is 4.98 Å². The summed E-state index contributed by atoms with van der Waals surface area (Å²) in [5.74, 6) is -0.00292. The normalized spacial score (nSPS) is 16.7. The highest BCUT2D eigenvalue weighted by molar-refractivity contribution is 5.57. The third-order valence-electron chi connectivity index (χ3n) is 7.67. The summed E-state index contributed by atoms with van der Waals surface area (Å²) in [5.41, 5.74) is 1.93. The molecule has 1 fully saturated rings. The van der Waals surface area contributed by atoms with Crippen molar-refractivity contribution in [3.05, 3.63) is 106 Å². The van der Waals surface area contributed by atoms with Gasteiger partial charge in [-0.3, -0.25) is 25.0 Å². The van der Waals surface area contributed by atoms with Crippen LogP contribution in [0.3, 0.4) is 0 Å². The van der Waals surface area contributed by atoms with Gasteiger partial charge < -0.3 is 15.4 Å². The predicted octanol–water partition coefficient (Wildman–Crippen LogP) is 6.36. The van der Waals surface area contributed by atoms with Crippen molar-refractivity contribution in [1.29, 1.82) is 0 Å². The molecule has 0 bridgehead atoms. The molecule has 14 heteroatoms. The number of nitrogens with one attached hydrogen (secondary N) is 2. The maximum atomic E-state index is 12.8. The van der Waals surface area contributed by atoms with Crippen LogP contribution in [0.2, 0.25) is 0 Å². The lowest BCUT2D eigenvalue weighted by molar-refractivity contribution is -0.384. The molecule has 3 aromatic heterocycles. The Bertz CT molecular complexity index is 1500. The van der Waals surface area contributed by atoms with E-state index < -0.39 is 11.3 Å². The van der Waals surface area contributed by atoms with E-state index in [1.165, 1.54) is 18.2 Å². The number of halogens is 3. The van der Waals surface area contributed by atoms with Gasteiger partial charge in [0.15, 0.2) is 0 Å². The SMILES string of the molecule is O=[N+]([O-])c1cnc(NCc2ccccc2OC(F)(F)F)nc1NCC1CCC(N(Cc2ccccn2)Cc2ccccn2)CC1. The van der Waals surface area contributed by atoms with Gasteiger partial charge in [0.1, 0.15) is 11.9 Å². The molecule has 4 aromatic rings. The van der Waals surface area contributed by atoms with Crippen molar-refractivity contribution in [3.63, 3.8) is 0 Å². The lowest BCUT2D eigenvalue weighted by atomic mass is 9.85. The molecule has 236 valence electrons. The van der Waals surface area contributed by atoms with Crippen LogP contribution in [0.25, 0.3) is 0 Å². The second kappa shape index (κ2) is 14.8. The highest BCUT2D eigenvalue weighted by atomic mass is 19.4. The molecule has 0 radical (unpaired) electrons. The van der Waals surface area contributed by atoms with Gasteiger partial charge in [-0.1, -0.05) is 30.3 Å². The molecule has 11 nitrogen and oxygen atoms in total. The molecule has 2 N–H and O–H groups in total. The van der Waals surface area contributed by atoms with Crippen molar-refractivity contribution in [2.24, 2.45) is 5.92 Å². The third-order valence-corrected chi connectivity index (χ3v) is 7.67. The molecule has 1 aliphatic carbocycles. The number of nitro groups is 1. The number of nitrogens with zero attached hydrogens (tertiary/aromatic N) is 6. The van der Waals surface area contributed by atoms with Crippen LogP contribution in [-0.2, 0) is 19.6 Å². The number of alkyl halides is 3. The summed E-state index contributed by atoms with van der Waals surface area (Å²) in [4.78, 5) is 30.8. The monoisotopic (exact) mass is 622 g/mol. The summed E-state index contributed by atoms with van der Waals surface area (Å²) < 4.78 is 42.5. The van der Waals surface area contributed by atoms with Crippen LogP contribution in [-0.4, -0.2) is 48.7 Å². The molecule has 0 unspecified atom stereocenters. The van der Waals surface area contributed by atoms with Crippen LogP contribution < -0.4 is 15.4 Å². The molecule has 0 amide bonds. The Morgan fingerprint density at radius 3 is 2.13 bits per heavy atom. The number of anilines is 2. The van der Waals surface area contributed by atoms with Crippen molar-refractivity contribution >= 4 is 17.5 Å². The fourth-order valence-electron chi connectivity index (χ4n) is 5.44. The van der Waals surface area contributed by atoms with Gasteiger partial charge in [0.05, 0.1) is 16.3 Å². The summed E-state index contributed by atoms with van der Waals surface area (Å²) >= 11 is 0. The Morgan fingerprint density at radius 1 is 0.889 bits per heavy atom. The average Bonchev–Trinajstić information content (AvgIpc) is 3.03. The number of hydrogen-bond donors (Lipinski definition) is 2. The minimum Gasteiger partial charge on any atom is -0.405 e. The molecule has 3 heterocycles. The van der Waals surface area contributed by atoms with Gasteiger partial charge in [0.25, 0.3) is 0 Å². The number of para-hydroxylation sites is 1. The zero-order valence-corrected chi connectivity index (χ0v) is 24.4. The lowest BCUT2D eigenvalue weighted by Crippen LogP contribution is -2.38. The average molecular weight is 623 g/mol. The van der Waals surface area contributed by atoms with Crippen molar-refractivity contribution in [2.45, 2.75) is 57.7 Å². The summed E-state index contributed by atoms with van der Waals surface area (Å²) in [5, 5.41) is 17.7. The Kier molecular flexibility index (Phi) is 10.3. The summed E-state index contributed by atoms with van der Waals surface area (Å²) in [7, 11) is 0. The lowest BCUT2D eigenvalue weighted by Gasteiger charge is -2.36. The van der Waals surface area contributed by atoms with E-state index >= 15 is 0 Å². The van der Waals surface area contributed by atoms with Gasteiger partial charge in [-0.05, 0) is 61.9 Å². The Hall–Kier alpha value is -4.85. The minimum atomic E-state index is -4.84. The topological polar surface area (TPSA) is 131 Å². The van der Waals surface area contributed by atoms with Crippen LogP contribution in [0.1, 0.15) is 42.6 Å². The first-order chi connectivity index (χ1) is 21.7. The molecule has 1 aliphatic rings. The van der Waals surface area contributed by atoms with Crippen molar-refractivity contribution < 1.29 is 22.8 Å². The smallest absolute Gasteiger partial charge is 0.405 e. The summed E-state index contributed by atoms with van der Waals surface area (Å²) in [6, 6.07) is 17.8. The zero-order valence-electron chi connectivity index (χ0n) is 24.4. The molecule has 1 aromatic carbocycles. The number of ether oxygens (including phenoxy) is 1. The van der Waals surface area contributed by atoms with Crippen molar-refractivity contribution in [1.82, 2.24) is 24.8 Å². The first kappa shape index (κ1) is 31.6. The van der Waals surface area contributed by atoms with Crippen molar-refractivity contribution in [3.8, 4) is 5.75 Å². The van der Waals surface area contributed by atoms with Crippen LogP contribution >= 0.6 is 0 Å². The summed E-state index contributed by atoms with van der Waals surface area (Å²) in [6.07, 6.45) is 3.56. The highest BCUT2D eigenvalue weighted by Gasteiger charge is 2.32. The fourth-order valence-corrected chi connectivity index (χ4v) is 5.44. The van der Waals surface area contributed by atoms with E-state index in [1.807, 2.05) is 36.4 Å². The maximum Gasteiger partial charge on any atom is 0.573 e. The Morgan fingerprint density at radius 2 is 1.53 bits per heavy atom. The van der Waals surface area contributed by atoms with E-state index in [1.54, 1.807) is 18.5 Å². The second-order valence-electron chi connectivity index (χ2n) is 10.8. The number of benzene rings is 1. The molecule has 5 rings (SSSR count). The first-order valence-electron chi connectivity index (χ1n) is 14.6. The minimum absolute atomic E-state index is 0.0355. The van der Waals surface area contributed by atoms with Gasteiger partial charge in [-0.15, -0.1) is 13.2 Å². The van der Waals surface area contributed by atoms with E-state index in [4.69, 9.17) is 0 Å². The van der Waals surface area contributed by atoms with Crippen molar-refractivity contribution in [2.75, 3.05) is 17.2 Å². The molecule has 45 heavy (non-hydrogen) atoms. The van der Waals surface area contributed by atoms with Gasteiger partial charge in [0, 0.05) is 50.2 Å². The van der Waals surface area contributed by atoms with Crippen LogP contribution in [0, 0.1) is 16.0 Å². The van der Waals surface area contributed by atoms with Crippen LogP contribution in [0.5, 0.6) is 5.75 Å². The zero-order chi connectivity index (χ0) is 31.6. The first-order valence-corrected chi connectivity index (χ1v) is 14.6. The number of hydrogen-bond acceptors (Lipinski definition) is 10. The quantitative estimate of drug-likeness (QED) is 0.128. The number of pyridine rings is 2. The molecule has 1 saturated carbocycles. The largest absolute Gasteiger partial charge is 0.573 e. The highest BCUT2D eigenvalue weighted by Crippen LogP contribution is 2.31. The summed E-state index contributed by atoms with van der Waals surface area (Å²) in [6.45, 7) is 1.81. The fraction of sp³-hybridized carbons (Fsp3) is 0.355. The van der Waals surface area contributed by atoms with E-state index in [9.17, 15) is 23.3 Å². The standard InChI is InChI=1S/C31H33F3N8O3/c32-31(33,34)45-28-10-2-1-7-23(28)18-38-30-39-19-27(42(43)44)29(40-30)37-17-22-11-13-26(14-12-22)41(20-24-8-3-5-15-35-24)21-25-9-4-6-16-36-25/h1-10,15-16,19,22,26H,11-14,17-18,20-21H2,(H2,37,38,39,40). The van der Waals surface area contributed by atoms with Crippen LogP contribution in [0.15, 0.2) is 79.3 Å². The molecule has 0 atom stereocenters. The predicted molar refractivity (Wildman–Crippen MR) is 161 cm³/mol. The van der Waals surface area contributed by atoms with Crippen LogP contribution in [0.4, 0.5) is 30.6 Å². The third kappa shape index (κ3) is 9.32. The number of rotatable bonds is 13. The molecule has 0 saturated heterocycles. The van der Waals surface area contributed by atoms with Gasteiger partial charge >= 0.3 is 12.0 Å². The number of aromatic nitrogens is 4. The van der Waals surface area contributed by atoms with E-state index in [0.29, 0.717) is 25.7 Å². The van der Waals surface area contributed by atoms with Gasteiger partial charge in [0.2, 0.25) is 11.8 Å². The molecular formula is C31H33F3N8O3. The molecule has 0 aliphatic heterocycles. The molecular weight excluding hydrogens is 589 g/mol. The second-order valence-corrected chi connectivity index (χ2v) is 10.8. The maximum absolute atomic E-state index is 12.8. The van der Waals surface area contributed by atoms with Gasteiger partial charge in [-0.2, -0.15) is 4.98 Å².